The van der Waals surface area contributed by atoms with Crippen molar-refractivity contribution in [1.29, 1.82) is 0 Å². The summed E-state index contributed by atoms with van der Waals surface area (Å²) in [5, 5.41) is 7.49. The van der Waals surface area contributed by atoms with Crippen molar-refractivity contribution in [3.05, 3.63) is 29.3 Å². The summed E-state index contributed by atoms with van der Waals surface area (Å²) in [5.41, 5.74) is 5.49. The lowest BCUT2D eigenvalue weighted by molar-refractivity contribution is 0.858. The molecule has 0 fully saturated rings. The lowest BCUT2D eigenvalue weighted by Crippen LogP contribution is -2.16. The standard InChI is InChI=1S/C12H18ClN5/c1-5-8(2)17-18-10(4)7-14-11-6-9(3)15-12(13)16-11/h6,18H,4-5,7H2,1-3H3,(H,14,15,16)/b17-8-. The van der Waals surface area contributed by atoms with Crippen LogP contribution in [-0.4, -0.2) is 22.2 Å². The summed E-state index contributed by atoms with van der Waals surface area (Å²) in [5.74, 6) is 0.673. The van der Waals surface area contributed by atoms with E-state index in [9.17, 15) is 0 Å². The van der Waals surface area contributed by atoms with Crippen molar-refractivity contribution in [3.63, 3.8) is 0 Å². The Morgan fingerprint density at radius 1 is 1.50 bits per heavy atom. The highest BCUT2D eigenvalue weighted by atomic mass is 35.5. The van der Waals surface area contributed by atoms with E-state index < -0.39 is 0 Å². The first-order chi connectivity index (χ1) is 8.51. The SMILES string of the molecule is C=C(CNc1cc(C)nc(Cl)n1)N/N=C(/C)CC. The van der Waals surface area contributed by atoms with Gasteiger partial charge in [0.2, 0.25) is 5.28 Å². The van der Waals surface area contributed by atoms with E-state index in [1.54, 1.807) is 0 Å². The highest BCUT2D eigenvalue weighted by Gasteiger charge is 2.00. The minimum Gasteiger partial charge on any atom is -0.364 e. The molecule has 0 aromatic carbocycles. The van der Waals surface area contributed by atoms with E-state index in [1.807, 2.05) is 26.8 Å². The molecule has 1 aromatic heterocycles. The van der Waals surface area contributed by atoms with Gasteiger partial charge in [-0.1, -0.05) is 13.5 Å². The van der Waals surface area contributed by atoms with Crippen LogP contribution in [0, 0.1) is 6.92 Å². The van der Waals surface area contributed by atoms with Crippen LogP contribution in [-0.2, 0) is 0 Å². The van der Waals surface area contributed by atoms with Gasteiger partial charge in [-0.05, 0) is 31.9 Å². The van der Waals surface area contributed by atoms with E-state index in [0.29, 0.717) is 12.4 Å². The smallest absolute Gasteiger partial charge is 0.224 e. The number of nitrogens with zero attached hydrogens (tertiary/aromatic N) is 3. The van der Waals surface area contributed by atoms with Crippen LogP contribution in [0.15, 0.2) is 23.4 Å². The second kappa shape index (κ2) is 6.96. The van der Waals surface area contributed by atoms with Gasteiger partial charge in [0.15, 0.2) is 0 Å². The molecule has 0 saturated carbocycles. The predicted molar refractivity (Wildman–Crippen MR) is 75.9 cm³/mol. The largest absolute Gasteiger partial charge is 0.364 e. The Kier molecular flexibility index (Phi) is 5.58. The van der Waals surface area contributed by atoms with Crippen LogP contribution in [0.4, 0.5) is 5.82 Å². The van der Waals surface area contributed by atoms with Crippen molar-refractivity contribution >= 4 is 23.1 Å². The molecule has 2 N–H and O–H groups in total. The fourth-order valence-corrected chi connectivity index (χ4v) is 1.34. The number of aromatic nitrogens is 2. The van der Waals surface area contributed by atoms with Crippen LogP contribution in [0.25, 0.3) is 0 Å². The van der Waals surface area contributed by atoms with Gasteiger partial charge in [-0.25, -0.2) is 9.97 Å². The summed E-state index contributed by atoms with van der Waals surface area (Å²) in [4.78, 5) is 8.04. The first kappa shape index (κ1) is 14.4. The molecule has 0 radical (unpaired) electrons. The maximum absolute atomic E-state index is 5.76. The number of hydrazone groups is 1. The summed E-state index contributed by atoms with van der Waals surface area (Å²) >= 11 is 5.76. The zero-order valence-corrected chi connectivity index (χ0v) is 11.7. The summed E-state index contributed by atoms with van der Waals surface area (Å²) in [7, 11) is 0. The van der Waals surface area contributed by atoms with Gasteiger partial charge in [0.1, 0.15) is 5.82 Å². The summed E-state index contributed by atoms with van der Waals surface area (Å²) in [6.07, 6.45) is 0.911. The Labute approximate surface area is 112 Å². The van der Waals surface area contributed by atoms with Crippen molar-refractivity contribution in [2.24, 2.45) is 5.10 Å². The highest BCUT2D eigenvalue weighted by Crippen LogP contribution is 2.09. The maximum atomic E-state index is 5.76. The topological polar surface area (TPSA) is 62.2 Å². The predicted octanol–water partition coefficient (Wildman–Crippen LogP) is 2.74. The van der Waals surface area contributed by atoms with Crippen molar-refractivity contribution in [2.75, 3.05) is 11.9 Å². The molecule has 5 nitrogen and oxygen atoms in total. The molecule has 98 valence electrons. The average Bonchev–Trinajstić information content (AvgIpc) is 2.32. The van der Waals surface area contributed by atoms with E-state index in [-0.39, 0.29) is 5.28 Å². The van der Waals surface area contributed by atoms with Crippen LogP contribution in [0.1, 0.15) is 26.0 Å². The van der Waals surface area contributed by atoms with Crippen molar-refractivity contribution in [1.82, 2.24) is 15.4 Å². The van der Waals surface area contributed by atoms with Crippen LogP contribution in [0.2, 0.25) is 5.28 Å². The lowest BCUT2D eigenvalue weighted by atomic mass is 10.3. The average molecular weight is 268 g/mol. The van der Waals surface area contributed by atoms with Crippen LogP contribution in [0.3, 0.4) is 0 Å². The molecule has 0 saturated heterocycles. The van der Waals surface area contributed by atoms with Gasteiger partial charge in [0.25, 0.3) is 0 Å². The van der Waals surface area contributed by atoms with Crippen molar-refractivity contribution in [3.8, 4) is 0 Å². The molecule has 1 rings (SSSR count). The molecule has 0 aliphatic carbocycles. The fraction of sp³-hybridized carbons (Fsp3) is 0.417. The molecule has 0 atom stereocenters. The molecule has 18 heavy (non-hydrogen) atoms. The van der Waals surface area contributed by atoms with Gasteiger partial charge in [0.05, 0.1) is 6.54 Å². The summed E-state index contributed by atoms with van der Waals surface area (Å²) in [6.45, 7) is 10.3. The number of rotatable bonds is 6. The zero-order chi connectivity index (χ0) is 13.5. The molecule has 6 heteroatoms. The Hall–Kier alpha value is -1.62. The Bertz CT molecular complexity index is 436. The summed E-state index contributed by atoms with van der Waals surface area (Å²) in [6, 6.07) is 1.82. The number of hydrogen-bond acceptors (Lipinski definition) is 5. The van der Waals surface area contributed by atoms with E-state index >= 15 is 0 Å². The molecule has 1 heterocycles. The minimum absolute atomic E-state index is 0.232. The molecule has 0 spiro atoms. The Balaban J connectivity index is 2.47. The van der Waals surface area contributed by atoms with E-state index in [0.717, 1.165) is 23.5 Å². The van der Waals surface area contributed by atoms with E-state index in [1.165, 1.54) is 0 Å². The normalized spacial score (nSPS) is 11.2. The second-order valence-corrected chi connectivity index (χ2v) is 4.27. The maximum Gasteiger partial charge on any atom is 0.224 e. The highest BCUT2D eigenvalue weighted by molar-refractivity contribution is 6.28. The van der Waals surface area contributed by atoms with Gasteiger partial charge in [-0.3, -0.25) is 5.43 Å². The Morgan fingerprint density at radius 3 is 2.83 bits per heavy atom. The molecular formula is C12H18ClN5. The molecule has 0 amide bonds. The minimum atomic E-state index is 0.232. The van der Waals surface area contributed by atoms with E-state index in [4.69, 9.17) is 11.6 Å². The molecule has 0 bridgehead atoms. The number of hydrogen-bond donors (Lipinski definition) is 2. The molecule has 0 aliphatic heterocycles. The monoisotopic (exact) mass is 267 g/mol. The Morgan fingerprint density at radius 2 is 2.22 bits per heavy atom. The first-order valence-electron chi connectivity index (χ1n) is 5.73. The fourth-order valence-electron chi connectivity index (χ4n) is 1.11. The number of halogens is 1. The quantitative estimate of drug-likeness (QED) is 0.473. The van der Waals surface area contributed by atoms with Crippen LogP contribution >= 0.6 is 11.6 Å². The number of aryl methyl sites for hydroxylation is 1. The summed E-state index contributed by atoms with van der Waals surface area (Å²) < 4.78 is 0. The van der Waals surface area contributed by atoms with E-state index in [2.05, 4.69) is 32.4 Å². The van der Waals surface area contributed by atoms with Gasteiger partial charge in [-0.2, -0.15) is 5.10 Å². The second-order valence-electron chi connectivity index (χ2n) is 3.93. The molecule has 0 aliphatic rings. The van der Waals surface area contributed by atoms with Crippen molar-refractivity contribution in [2.45, 2.75) is 27.2 Å². The first-order valence-corrected chi connectivity index (χ1v) is 6.11. The third kappa shape index (κ3) is 5.14. The molecule has 1 aromatic rings. The van der Waals surface area contributed by atoms with Gasteiger partial charge in [0, 0.05) is 23.2 Å². The molecular weight excluding hydrogens is 250 g/mol. The zero-order valence-electron chi connectivity index (χ0n) is 10.9. The van der Waals surface area contributed by atoms with Gasteiger partial charge in [-0.15, -0.1) is 0 Å². The van der Waals surface area contributed by atoms with Gasteiger partial charge >= 0.3 is 0 Å². The lowest BCUT2D eigenvalue weighted by Gasteiger charge is -2.09. The third-order valence-corrected chi connectivity index (χ3v) is 2.40. The number of nitrogens with one attached hydrogen (secondary N) is 2. The number of anilines is 1. The van der Waals surface area contributed by atoms with Crippen LogP contribution < -0.4 is 10.7 Å². The van der Waals surface area contributed by atoms with Gasteiger partial charge < -0.3 is 5.32 Å². The molecule has 0 unspecified atom stereocenters. The third-order valence-electron chi connectivity index (χ3n) is 2.23. The van der Waals surface area contributed by atoms with Crippen molar-refractivity contribution < 1.29 is 0 Å². The van der Waals surface area contributed by atoms with Crippen LogP contribution in [0.5, 0.6) is 0 Å².